The summed E-state index contributed by atoms with van der Waals surface area (Å²) < 4.78 is 13.4. The molecule has 0 aliphatic heterocycles. The molecule has 0 saturated carbocycles. The van der Waals surface area contributed by atoms with Gasteiger partial charge in [0.05, 0.1) is 6.54 Å². The fourth-order valence-electron chi connectivity index (χ4n) is 1.93. The molecule has 2 amide bonds. The van der Waals surface area contributed by atoms with Gasteiger partial charge in [-0.25, -0.2) is 9.18 Å². The van der Waals surface area contributed by atoms with Crippen LogP contribution in [0.3, 0.4) is 0 Å². The smallest absolute Gasteiger partial charge is 0.326 e. The lowest BCUT2D eigenvalue weighted by atomic mass is 10.0. The number of amides is 2. The van der Waals surface area contributed by atoms with Crippen LogP contribution in [-0.2, 0) is 9.59 Å². The molecule has 1 aromatic carbocycles. The Balaban J connectivity index is 2.56. The van der Waals surface area contributed by atoms with E-state index in [0.717, 1.165) is 6.07 Å². The number of halogens is 1. The van der Waals surface area contributed by atoms with E-state index in [4.69, 9.17) is 5.11 Å². The van der Waals surface area contributed by atoms with Crippen LogP contribution >= 0.6 is 0 Å². The van der Waals surface area contributed by atoms with E-state index in [-0.39, 0.29) is 24.4 Å². The highest BCUT2D eigenvalue weighted by atomic mass is 19.1. The standard InChI is InChI=1S/C16H21FN2O4/c1-9(2)6-13(16(22)23)19-14(20)8-18-15(21)11-5-4-10(3)12(17)7-11/h4-5,7,9,13H,6,8H2,1-3H3,(H,18,21)(H,19,20)(H,22,23)/t13-/m0/s1. The fourth-order valence-corrected chi connectivity index (χ4v) is 1.93. The number of hydrogen-bond acceptors (Lipinski definition) is 3. The van der Waals surface area contributed by atoms with Crippen LogP contribution in [0.5, 0.6) is 0 Å². The van der Waals surface area contributed by atoms with E-state index in [1.54, 1.807) is 6.92 Å². The molecule has 0 aromatic heterocycles. The number of nitrogens with one attached hydrogen (secondary N) is 2. The van der Waals surface area contributed by atoms with E-state index < -0.39 is 29.6 Å². The van der Waals surface area contributed by atoms with Gasteiger partial charge in [0.25, 0.3) is 5.91 Å². The number of carboxylic acids is 1. The maximum Gasteiger partial charge on any atom is 0.326 e. The molecule has 6 nitrogen and oxygen atoms in total. The molecule has 0 radical (unpaired) electrons. The molecule has 126 valence electrons. The number of carbonyl (C=O) groups excluding carboxylic acids is 2. The molecule has 1 aromatic rings. The Morgan fingerprint density at radius 2 is 1.91 bits per heavy atom. The summed E-state index contributed by atoms with van der Waals surface area (Å²) in [6, 6.07) is 3.00. The number of benzene rings is 1. The predicted molar refractivity (Wildman–Crippen MR) is 82.5 cm³/mol. The molecule has 1 atom stereocenters. The lowest BCUT2D eigenvalue weighted by molar-refractivity contribution is -0.142. The number of carboxylic acid groups (broad SMARTS) is 1. The van der Waals surface area contributed by atoms with Gasteiger partial charge in [0.1, 0.15) is 11.9 Å². The molecule has 7 heteroatoms. The van der Waals surface area contributed by atoms with Gasteiger partial charge in [-0.2, -0.15) is 0 Å². The highest BCUT2D eigenvalue weighted by molar-refractivity contribution is 5.96. The molecule has 0 bridgehead atoms. The van der Waals surface area contributed by atoms with Crippen LogP contribution in [0.1, 0.15) is 36.2 Å². The van der Waals surface area contributed by atoms with Crippen molar-refractivity contribution in [1.82, 2.24) is 10.6 Å². The average Bonchev–Trinajstić information content (AvgIpc) is 2.46. The summed E-state index contributed by atoms with van der Waals surface area (Å²) in [6.45, 7) is 4.88. The summed E-state index contributed by atoms with van der Waals surface area (Å²) in [7, 11) is 0. The molecule has 0 heterocycles. The second-order valence-electron chi connectivity index (χ2n) is 5.73. The van der Waals surface area contributed by atoms with Gasteiger partial charge in [0, 0.05) is 5.56 Å². The number of carbonyl (C=O) groups is 3. The van der Waals surface area contributed by atoms with Crippen molar-refractivity contribution in [3.8, 4) is 0 Å². The Morgan fingerprint density at radius 3 is 2.43 bits per heavy atom. The largest absolute Gasteiger partial charge is 0.480 e. The normalized spacial score (nSPS) is 11.9. The van der Waals surface area contributed by atoms with E-state index in [1.165, 1.54) is 12.1 Å². The van der Waals surface area contributed by atoms with Gasteiger partial charge in [-0.05, 0) is 37.0 Å². The van der Waals surface area contributed by atoms with Crippen LogP contribution in [0.25, 0.3) is 0 Å². The summed E-state index contributed by atoms with van der Waals surface area (Å²) in [4.78, 5) is 34.6. The fraction of sp³-hybridized carbons (Fsp3) is 0.438. The SMILES string of the molecule is Cc1ccc(C(=O)NCC(=O)N[C@@H](CC(C)C)C(=O)O)cc1F. The Labute approximate surface area is 134 Å². The van der Waals surface area contributed by atoms with Crippen LogP contribution in [0.2, 0.25) is 0 Å². The molecule has 3 N–H and O–H groups in total. The minimum atomic E-state index is -1.13. The maximum atomic E-state index is 13.4. The minimum absolute atomic E-state index is 0.0952. The Bertz CT molecular complexity index is 602. The lowest BCUT2D eigenvalue weighted by Gasteiger charge is -2.16. The van der Waals surface area contributed by atoms with Crippen molar-refractivity contribution in [2.75, 3.05) is 6.54 Å². The predicted octanol–water partition coefficient (Wildman–Crippen LogP) is 1.48. The first-order chi connectivity index (χ1) is 10.7. The molecular formula is C16H21FN2O4. The van der Waals surface area contributed by atoms with Crippen molar-refractivity contribution in [2.24, 2.45) is 5.92 Å². The molecule has 0 aliphatic carbocycles. The second kappa shape index (κ2) is 8.26. The van der Waals surface area contributed by atoms with E-state index >= 15 is 0 Å². The first kappa shape index (κ1) is 18.6. The molecule has 0 aliphatic rings. The topological polar surface area (TPSA) is 95.5 Å². The number of rotatable bonds is 7. The molecule has 0 spiro atoms. The summed E-state index contributed by atoms with van der Waals surface area (Å²) in [6.07, 6.45) is 0.290. The van der Waals surface area contributed by atoms with E-state index in [2.05, 4.69) is 10.6 Å². The van der Waals surface area contributed by atoms with Crippen LogP contribution in [0.4, 0.5) is 4.39 Å². The van der Waals surface area contributed by atoms with Gasteiger partial charge >= 0.3 is 5.97 Å². The third-order valence-electron chi connectivity index (χ3n) is 3.18. The Hall–Kier alpha value is -2.44. The quantitative estimate of drug-likeness (QED) is 0.708. The van der Waals surface area contributed by atoms with Crippen molar-refractivity contribution >= 4 is 17.8 Å². The zero-order chi connectivity index (χ0) is 17.6. The lowest BCUT2D eigenvalue weighted by Crippen LogP contribution is -2.46. The highest BCUT2D eigenvalue weighted by Gasteiger charge is 2.21. The highest BCUT2D eigenvalue weighted by Crippen LogP contribution is 2.09. The van der Waals surface area contributed by atoms with Gasteiger partial charge in [0.2, 0.25) is 5.91 Å². The first-order valence-corrected chi connectivity index (χ1v) is 7.27. The van der Waals surface area contributed by atoms with Crippen molar-refractivity contribution in [1.29, 1.82) is 0 Å². The van der Waals surface area contributed by atoms with Gasteiger partial charge in [-0.15, -0.1) is 0 Å². The van der Waals surface area contributed by atoms with Crippen LogP contribution in [0, 0.1) is 18.7 Å². The van der Waals surface area contributed by atoms with Crippen molar-refractivity contribution in [3.63, 3.8) is 0 Å². The molecular weight excluding hydrogens is 303 g/mol. The van der Waals surface area contributed by atoms with Gasteiger partial charge in [-0.3, -0.25) is 9.59 Å². The number of hydrogen-bond donors (Lipinski definition) is 3. The van der Waals surface area contributed by atoms with Crippen LogP contribution < -0.4 is 10.6 Å². The zero-order valence-electron chi connectivity index (χ0n) is 13.4. The minimum Gasteiger partial charge on any atom is -0.480 e. The maximum absolute atomic E-state index is 13.4. The molecule has 0 saturated heterocycles. The van der Waals surface area contributed by atoms with Crippen LogP contribution in [-0.4, -0.2) is 35.5 Å². The third kappa shape index (κ3) is 6.06. The Kier molecular flexibility index (Phi) is 6.68. The Morgan fingerprint density at radius 1 is 1.26 bits per heavy atom. The number of aliphatic carboxylic acids is 1. The van der Waals surface area contributed by atoms with Gasteiger partial charge in [-0.1, -0.05) is 19.9 Å². The average molecular weight is 324 g/mol. The van der Waals surface area contributed by atoms with Crippen molar-refractivity contribution in [3.05, 3.63) is 35.1 Å². The van der Waals surface area contributed by atoms with E-state index in [0.29, 0.717) is 5.56 Å². The first-order valence-electron chi connectivity index (χ1n) is 7.27. The second-order valence-corrected chi connectivity index (χ2v) is 5.73. The van der Waals surface area contributed by atoms with E-state index in [1.807, 2.05) is 13.8 Å². The molecule has 0 fully saturated rings. The molecule has 1 rings (SSSR count). The summed E-state index contributed by atoms with van der Waals surface area (Å²) in [5.74, 6) is -2.75. The van der Waals surface area contributed by atoms with E-state index in [9.17, 15) is 18.8 Å². The zero-order valence-corrected chi connectivity index (χ0v) is 13.4. The van der Waals surface area contributed by atoms with Gasteiger partial charge in [0.15, 0.2) is 0 Å². The third-order valence-corrected chi connectivity index (χ3v) is 3.18. The van der Waals surface area contributed by atoms with Crippen molar-refractivity contribution in [2.45, 2.75) is 33.2 Å². The summed E-state index contributed by atoms with van der Waals surface area (Å²) in [5.41, 5.74) is 0.509. The molecule has 0 unspecified atom stereocenters. The van der Waals surface area contributed by atoms with Crippen molar-refractivity contribution < 1.29 is 23.9 Å². The number of aryl methyl sites for hydroxylation is 1. The van der Waals surface area contributed by atoms with Gasteiger partial charge < -0.3 is 15.7 Å². The summed E-state index contributed by atoms with van der Waals surface area (Å²) in [5, 5.41) is 13.7. The molecule has 23 heavy (non-hydrogen) atoms. The van der Waals surface area contributed by atoms with Crippen LogP contribution in [0.15, 0.2) is 18.2 Å². The summed E-state index contributed by atoms with van der Waals surface area (Å²) >= 11 is 0. The monoisotopic (exact) mass is 324 g/mol.